The molecule has 0 amide bonds. The van der Waals surface area contributed by atoms with Gasteiger partial charge in [-0.2, -0.15) is 0 Å². The Labute approximate surface area is 103 Å². The third kappa shape index (κ3) is 2.67. The maximum atomic E-state index is 3.81. The average molecular weight is 237 g/mol. The van der Waals surface area contributed by atoms with Gasteiger partial charge in [0.1, 0.15) is 0 Å². The summed E-state index contributed by atoms with van der Waals surface area (Å²) in [5.74, 6) is 1.69. The van der Waals surface area contributed by atoms with Crippen molar-refractivity contribution in [2.75, 3.05) is 0 Å². The summed E-state index contributed by atoms with van der Waals surface area (Å²) in [6.07, 6.45) is 4.15. The number of hydrogen-bond donors (Lipinski definition) is 1. The highest BCUT2D eigenvalue weighted by atomic mass is 32.1. The van der Waals surface area contributed by atoms with Gasteiger partial charge in [0.05, 0.1) is 0 Å². The standard InChI is InChI=1S/C14H23NS/c1-10-6-4-7-13(11(10)2)15-12(3)14-8-5-9-16-14/h5,8-13,15H,4,6-7H2,1-3H3/t10?,11?,12-,13?/m0/s1. The van der Waals surface area contributed by atoms with Crippen molar-refractivity contribution in [3.8, 4) is 0 Å². The van der Waals surface area contributed by atoms with E-state index in [1.807, 2.05) is 11.3 Å². The molecule has 1 heterocycles. The molecule has 2 heteroatoms. The lowest BCUT2D eigenvalue weighted by atomic mass is 9.78. The van der Waals surface area contributed by atoms with Crippen LogP contribution in [-0.4, -0.2) is 6.04 Å². The molecule has 16 heavy (non-hydrogen) atoms. The van der Waals surface area contributed by atoms with Gasteiger partial charge in [0.2, 0.25) is 0 Å². The highest BCUT2D eigenvalue weighted by Crippen LogP contribution is 2.31. The van der Waals surface area contributed by atoms with Gasteiger partial charge in [-0.1, -0.05) is 32.8 Å². The van der Waals surface area contributed by atoms with E-state index >= 15 is 0 Å². The Kier molecular flexibility index (Phi) is 4.04. The average Bonchev–Trinajstić information content (AvgIpc) is 2.78. The Hall–Kier alpha value is -0.340. The van der Waals surface area contributed by atoms with Crippen LogP contribution in [0, 0.1) is 11.8 Å². The van der Waals surface area contributed by atoms with Gasteiger partial charge >= 0.3 is 0 Å². The second-order valence-electron chi connectivity index (χ2n) is 5.28. The normalized spacial score (nSPS) is 32.6. The first kappa shape index (κ1) is 12.1. The van der Waals surface area contributed by atoms with Crippen molar-refractivity contribution < 1.29 is 0 Å². The maximum Gasteiger partial charge on any atom is 0.0388 e. The van der Waals surface area contributed by atoms with Crippen molar-refractivity contribution in [1.82, 2.24) is 5.32 Å². The molecule has 0 aliphatic heterocycles. The zero-order chi connectivity index (χ0) is 11.5. The zero-order valence-corrected chi connectivity index (χ0v) is 11.4. The molecule has 1 nitrogen and oxygen atoms in total. The van der Waals surface area contributed by atoms with Crippen LogP contribution < -0.4 is 5.32 Å². The monoisotopic (exact) mass is 237 g/mol. The van der Waals surface area contributed by atoms with Crippen molar-refractivity contribution in [2.45, 2.75) is 52.1 Å². The summed E-state index contributed by atoms with van der Waals surface area (Å²) in [7, 11) is 0. The highest BCUT2D eigenvalue weighted by Gasteiger charge is 2.27. The van der Waals surface area contributed by atoms with Gasteiger partial charge in [-0.3, -0.25) is 0 Å². The molecule has 0 bridgehead atoms. The summed E-state index contributed by atoms with van der Waals surface area (Å²) in [5.41, 5.74) is 0. The van der Waals surface area contributed by atoms with Gasteiger partial charge < -0.3 is 5.32 Å². The smallest absolute Gasteiger partial charge is 0.0388 e. The first-order valence-electron chi connectivity index (χ1n) is 6.48. The minimum absolute atomic E-state index is 0.512. The van der Waals surface area contributed by atoms with Crippen molar-refractivity contribution in [3.05, 3.63) is 22.4 Å². The van der Waals surface area contributed by atoms with Crippen molar-refractivity contribution in [1.29, 1.82) is 0 Å². The first-order valence-corrected chi connectivity index (χ1v) is 7.36. The molecule has 1 fully saturated rings. The van der Waals surface area contributed by atoms with Crippen molar-refractivity contribution in [2.24, 2.45) is 11.8 Å². The van der Waals surface area contributed by atoms with Gasteiger partial charge in [-0.25, -0.2) is 0 Å². The lowest BCUT2D eigenvalue weighted by Crippen LogP contribution is -2.41. The molecule has 0 aromatic carbocycles. The minimum atomic E-state index is 0.512. The van der Waals surface area contributed by atoms with Gasteiger partial charge in [-0.05, 0) is 36.6 Å². The first-order chi connectivity index (χ1) is 7.68. The van der Waals surface area contributed by atoms with E-state index in [4.69, 9.17) is 0 Å². The van der Waals surface area contributed by atoms with E-state index in [0.29, 0.717) is 12.1 Å². The van der Waals surface area contributed by atoms with Crippen LogP contribution in [0.5, 0.6) is 0 Å². The molecule has 3 unspecified atom stereocenters. The Morgan fingerprint density at radius 1 is 1.38 bits per heavy atom. The van der Waals surface area contributed by atoms with E-state index in [1.165, 1.54) is 24.1 Å². The van der Waals surface area contributed by atoms with Crippen LogP contribution in [0.3, 0.4) is 0 Å². The summed E-state index contributed by atoms with van der Waals surface area (Å²) < 4.78 is 0. The fourth-order valence-corrected chi connectivity index (χ4v) is 3.50. The van der Waals surface area contributed by atoms with Crippen molar-refractivity contribution >= 4 is 11.3 Å². The number of rotatable bonds is 3. The Morgan fingerprint density at radius 2 is 2.19 bits per heavy atom. The number of hydrogen-bond acceptors (Lipinski definition) is 2. The second kappa shape index (κ2) is 5.33. The zero-order valence-electron chi connectivity index (χ0n) is 10.6. The summed E-state index contributed by atoms with van der Waals surface area (Å²) in [6, 6.07) is 5.60. The third-order valence-electron chi connectivity index (χ3n) is 4.14. The molecule has 0 radical (unpaired) electrons. The molecule has 1 N–H and O–H groups in total. The molecule has 4 atom stereocenters. The van der Waals surface area contributed by atoms with Crippen LogP contribution in [0.1, 0.15) is 51.0 Å². The second-order valence-corrected chi connectivity index (χ2v) is 6.26. The van der Waals surface area contributed by atoms with Crippen LogP contribution in [0.25, 0.3) is 0 Å². The summed E-state index contributed by atoms with van der Waals surface area (Å²) in [6.45, 7) is 7.09. The molecular formula is C14H23NS. The van der Waals surface area contributed by atoms with E-state index in [2.05, 4.69) is 43.6 Å². The number of nitrogens with one attached hydrogen (secondary N) is 1. The highest BCUT2D eigenvalue weighted by molar-refractivity contribution is 7.10. The van der Waals surface area contributed by atoms with E-state index in [-0.39, 0.29) is 0 Å². The molecular weight excluding hydrogens is 214 g/mol. The van der Waals surface area contributed by atoms with Crippen LogP contribution in [0.4, 0.5) is 0 Å². The lowest BCUT2D eigenvalue weighted by molar-refractivity contribution is 0.197. The lowest BCUT2D eigenvalue weighted by Gasteiger charge is -2.36. The summed E-state index contributed by atoms with van der Waals surface area (Å²) in [5, 5.41) is 5.98. The quantitative estimate of drug-likeness (QED) is 0.830. The van der Waals surface area contributed by atoms with Crippen LogP contribution in [-0.2, 0) is 0 Å². The van der Waals surface area contributed by atoms with E-state index < -0.39 is 0 Å². The summed E-state index contributed by atoms with van der Waals surface area (Å²) >= 11 is 1.86. The largest absolute Gasteiger partial charge is 0.306 e. The maximum absolute atomic E-state index is 3.81. The fourth-order valence-electron chi connectivity index (χ4n) is 2.76. The number of thiophene rings is 1. The van der Waals surface area contributed by atoms with Crippen molar-refractivity contribution in [3.63, 3.8) is 0 Å². The molecule has 0 spiro atoms. The predicted molar refractivity (Wildman–Crippen MR) is 71.8 cm³/mol. The van der Waals surface area contributed by atoms with Gasteiger partial charge in [0.25, 0.3) is 0 Å². The summed E-state index contributed by atoms with van der Waals surface area (Å²) in [4.78, 5) is 1.46. The molecule has 1 aromatic heterocycles. The third-order valence-corrected chi connectivity index (χ3v) is 5.20. The SMILES string of the molecule is CC1CCCC(N[C@@H](C)c2cccs2)C1C. The van der Waals surface area contributed by atoms with Gasteiger partial charge in [-0.15, -0.1) is 11.3 Å². The molecule has 0 saturated heterocycles. The Balaban J connectivity index is 1.93. The van der Waals surface area contributed by atoms with Crippen LogP contribution in [0.2, 0.25) is 0 Å². The van der Waals surface area contributed by atoms with E-state index in [9.17, 15) is 0 Å². The minimum Gasteiger partial charge on any atom is -0.306 e. The Bertz CT molecular complexity index is 307. The van der Waals surface area contributed by atoms with Crippen LogP contribution >= 0.6 is 11.3 Å². The van der Waals surface area contributed by atoms with E-state index in [0.717, 1.165) is 11.8 Å². The molecule has 1 saturated carbocycles. The molecule has 2 rings (SSSR count). The molecule has 1 aliphatic carbocycles. The molecule has 1 aliphatic rings. The molecule has 90 valence electrons. The predicted octanol–water partition coefficient (Wildman–Crippen LogP) is 4.22. The topological polar surface area (TPSA) is 12.0 Å². The van der Waals surface area contributed by atoms with E-state index in [1.54, 1.807) is 0 Å². The van der Waals surface area contributed by atoms with Gasteiger partial charge in [0.15, 0.2) is 0 Å². The Morgan fingerprint density at radius 3 is 2.88 bits per heavy atom. The fraction of sp³-hybridized carbons (Fsp3) is 0.714. The van der Waals surface area contributed by atoms with Crippen LogP contribution in [0.15, 0.2) is 17.5 Å². The van der Waals surface area contributed by atoms with Gasteiger partial charge in [0, 0.05) is 17.0 Å². The molecule has 1 aromatic rings.